The van der Waals surface area contributed by atoms with Crippen LogP contribution in [-0.4, -0.2) is 91.0 Å². The molecule has 0 radical (unpaired) electrons. The lowest BCUT2D eigenvalue weighted by Gasteiger charge is -2.31. The molecule has 0 aromatic carbocycles. The standard InChI is InChI=1S/C22H29N7O2S/c1-2-4-16-15(3-1)17-18-19(32-22(17)24-21(16)29-9-13-31-14-10-29)20(26-27-25-18)23-5-6-28-7-11-30-12-8-28/h1-14H2,(H,23,25,26). The number of ether oxygens (including phenoxy) is 2. The van der Waals surface area contributed by atoms with E-state index in [-0.39, 0.29) is 0 Å². The van der Waals surface area contributed by atoms with Gasteiger partial charge in [-0.1, -0.05) is 0 Å². The predicted octanol–water partition coefficient (Wildman–Crippen LogP) is 2.09. The fourth-order valence-corrected chi connectivity index (χ4v) is 6.17. The molecule has 9 nitrogen and oxygen atoms in total. The van der Waals surface area contributed by atoms with Crippen molar-refractivity contribution in [3.05, 3.63) is 11.1 Å². The molecule has 0 unspecified atom stereocenters. The zero-order valence-corrected chi connectivity index (χ0v) is 19.1. The topological polar surface area (TPSA) is 88.5 Å². The molecule has 3 aromatic heterocycles. The van der Waals surface area contributed by atoms with E-state index in [0.29, 0.717) is 0 Å². The summed E-state index contributed by atoms with van der Waals surface area (Å²) in [5.41, 5.74) is 3.78. The maximum absolute atomic E-state index is 5.59. The molecular formula is C22H29N7O2S. The molecular weight excluding hydrogens is 426 g/mol. The molecule has 2 aliphatic heterocycles. The SMILES string of the molecule is C1CCc2c(c(N3CCOCC3)nc3sc4c(NCCN5CCOCC5)nnnc4c23)C1. The molecule has 3 aromatic rings. The van der Waals surface area contributed by atoms with E-state index in [9.17, 15) is 0 Å². The number of nitrogens with zero attached hydrogens (tertiary/aromatic N) is 6. The molecule has 32 heavy (non-hydrogen) atoms. The fourth-order valence-electron chi connectivity index (χ4n) is 5.08. The summed E-state index contributed by atoms with van der Waals surface area (Å²) in [5, 5.41) is 17.7. The Morgan fingerprint density at radius 2 is 1.66 bits per heavy atom. The zero-order chi connectivity index (χ0) is 21.3. The van der Waals surface area contributed by atoms with E-state index >= 15 is 0 Å². The summed E-state index contributed by atoms with van der Waals surface area (Å²) in [6.07, 6.45) is 4.61. The Hall–Kier alpha value is -2.14. The van der Waals surface area contributed by atoms with Crippen LogP contribution in [0.25, 0.3) is 20.4 Å². The van der Waals surface area contributed by atoms with Gasteiger partial charge in [-0.05, 0) is 42.0 Å². The summed E-state index contributed by atoms with van der Waals surface area (Å²) in [5.74, 6) is 1.98. The average molecular weight is 456 g/mol. The Bertz CT molecular complexity index is 1110. The van der Waals surface area contributed by atoms with Crippen LogP contribution in [0.3, 0.4) is 0 Å². The van der Waals surface area contributed by atoms with E-state index < -0.39 is 0 Å². The molecule has 0 amide bonds. The summed E-state index contributed by atoms with van der Waals surface area (Å²) >= 11 is 1.70. The van der Waals surface area contributed by atoms with Gasteiger partial charge in [0, 0.05) is 44.7 Å². The number of anilines is 2. The first-order valence-corrected chi connectivity index (χ1v) is 12.5. The Kier molecular flexibility index (Phi) is 5.76. The third-order valence-electron chi connectivity index (χ3n) is 6.75. The number of hydrogen-bond acceptors (Lipinski definition) is 10. The molecule has 2 saturated heterocycles. The Balaban J connectivity index is 1.36. The van der Waals surface area contributed by atoms with E-state index in [2.05, 4.69) is 30.5 Å². The van der Waals surface area contributed by atoms with Crippen LogP contribution in [0.1, 0.15) is 24.0 Å². The normalized spacial score (nSPS) is 20.1. The van der Waals surface area contributed by atoms with Crippen molar-refractivity contribution in [1.82, 2.24) is 25.3 Å². The van der Waals surface area contributed by atoms with Crippen LogP contribution in [-0.2, 0) is 22.3 Å². The molecule has 170 valence electrons. The lowest BCUT2D eigenvalue weighted by molar-refractivity contribution is 0.0398. The van der Waals surface area contributed by atoms with Gasteiger partial charge in [0.25, 0.3) is 0 Å². The van der Waals surface area contributed by atoms with E-state index in [4.69, 9.17) is 14.5 Å². The Morgan fingerprint density at radius 3 is 2.47 bits per heavy atom. The van der Waals surface area contributed by atoms with Gasteiger partial charge in [-0.15, -0.1) is 21.5 Å². The van der Waals surface area contributed by atoms with Gasteiger partial charge < -0.3 is 19.7 Å². The van der Waals surface area contributed by atoms with Gasteiger partial charge >= 0.3 is 0 Å². The molecule has 0 bridgehead atoms. The van der Waals surface area contributed by atoms with Gasteiger partial charge in [0.15, 0.2) is 5.82 Å². The highest BCUT2D eigenvalue weighted by Gasteiger charge is 2.26. The van der Waals surface area contributed by atoms with Gasteiger partial charge in [0.1, 0.15) is 20.9 Å². The van der Waals surface area contributed by atoms with E-state index in [1.807, 2.05) is 0 Å². The fraction of sp³-hybridized carbons (Fsp3) is 0.636. The summed E-state index contributed by atoms with van der Waals surface area (Å²) in [6.45, 7) is 8.76. The van der Waals surface area contributed by atoms with Crippen molar-refractivity contribution in [3.8, 4) is 0 Å². The first kappa shape index (κ1) is 20.5. The molecule has 0 saturated carbocycles. The molecule has 10 heteroatoms. The summed E-state index contributed by atoms with van der Waals surface area (Å²) in [4.78, 5) is 11.1. The molecule has 1 aliphatic carbocycles. The Labute approximate surface area is 191 Å². The molecule has 2 fully saturated rings. The summed E-state index contributed by atoms with van der Waals surface area (Å²) < 4.78 is 12.1. The van der Waals surface area contributed by atoms with Crippen molar-refractivity contribution in [2.75, 3.05) is 75.9 Å². The average Bonchev–Trinajstić information content (AvgIpc) is 3.24. The van der Waals surface area contributed by atoms with Gasteiger partial charge in [-0.25, -0.2) is 4.98 Å². The Morgan fingerprint density at radius 1 is 0.906 bits per heavy atom. The summed E-state index contributed by atoms with van der Waals surface area (Å²) in [7, 11) is 0. The van der Waals surface area contributed by atoms with Crippen LogP contribution in [0.4, 0.5) is 11.6 Å². The minimum Gasteiger partial charge on any atom is -0.379 e. The molecule has 1 N–H and O–H groups in total. The highest BCUT2D eigenvalue weighted by molar-refractivity contribution is 7.26. The highest BCUT2D eigenvalue weighted by atomic mass is 32.1. The van der Waals surface area contributed by atoms with Crippen LogP contribution in [0.15, 0.2) is 0 Å². The zero-order valence-electron chi connectivity index (χ0n) is 18.3. The lowest BCUT2D eigenvalue weighted by atomic mass is 9.90. The second-order valence-electron chi connectivity index (χ2n) is 8.68. The first-order chi connectivity index (χ1) is 15.9. The minimum absolute atomic E-state index is 0.771. The molecule has 5 heterocycles. The smallest absolute Gasteiger partial charge is 0.170 e. The van der Waals surface area contributed by atoms with Gasteiger partial charge in [0.05, 0.1) is 26.4 Å². The van der Waals surface area contributed by atoms with Crippen molar-refractivity contribution < 1.29 is 9.47 Å². The van der Waals surface area contributed by atoms with E-state index in [1.165, 1.54) is 29.4 Å². The van der Waals surface area contributed by atoms with Gasteiger partial charge in [-0.3, -0.25) is 4.90 Å². The largest absolute Gasteiger partial charge is 0.379 e. The second-order valence-corrected chi connectivity index (χ2v) is 9.68. The van der Waals surface area contributed by atoms with Crippen molar-refractivity contribution in [2.24, 2.45) is 0 Å². The van der Waals surface area contributed by atoms with Gasteiger partial charge in [0.2, 0.25) is 0 Å². The lowest BCUT2D eigenvalue weighted by Crippen LogP contribution is -2.39. The van der Waals surface area contributed by atoms with Crippen molar-refractivity contribution in [2.45, 2.75) is 25.7 Å². The van der Waals surface area contributed by atoms with Crippen molar-refractivity contribution in [1.29, 1.82) is 0 Å². The third-order valence-corrected chi connectivity index (χ3v) is 7.83. The maximum atomic E-state index is 5.59. The number of pyridine rings is 1. The van der Waals surface area contributed by atoms with E-state index in [0.717, 1.165) is 105 Å². The summed E-state index contributed by atoms with van der Waals surface area (Å²) in [6, 6.07) is 0. The minimum atomic E-state index is 0.771. The number of fused-ring (bicyclic) bond motifs is 5. The third kappa shape index (κ3) is 3.79. The van der Waals surface area contributed by atoms with Crippen LogP contribution in [0.5, 0.6) is 0 Å². The number of hydrogen-bond donors (Lipinski definition) is 1. The molecule has 6 rings (SSSR count). The molecule has 3 aliphatic rings. The number of aryl methyl sites for hydroxylation is 1. The maximum Gasteiger partial charge on any atom is 0.170 e. The number of nitrogens with one attached hydrogen (secondary N) is 1. The number of aromatic nitrogens is 4. The molecule has 0 atom stereocenters. The van der Waals surface area contributed by atoms with E-state index in [1.54, 1.807) is 11.3 Å². The van der Waals surface area contributed by atoms with Crippen molar-refractivity contribution in [3.63, 3.8) is 0 Å². The van der Waals surface area contributed by atoms with Crippen LogP contribution >= 0.6 is 11.3 Å². The first-order valence-electron chi connectivity index (χ1n) is 11.7. The predicted molar refractivity (Wildman–Crippen MR) is 126 cm³/mol. The quantitative estimate of drug-likeness (QED) is 0.621. The number of morpholine rings is 2. The molecule has 0 spiro atoms. The highest BCUT2D eigenvalue weighted by Crippen LogP contribution is 2.42. The van der Waals surface area contributed by atoms with Crippen LogP contribution in [0, 0.1) is 0 Å². The van der Waals surface area contributed by atoms with Crippen LogP contribution < -0.4 is 10.2 Å². The van der Waals surface area contributed by atoms with Gasteiger partial charge in [-0.2, -0.15) is 0 Å². The number of rotatable bonds is 5. The van der Waals surface area contributed by atoms with Crippen LogP contribution in [0.2, 0.25) is 0 Å². The van der Waals surface area contributed by atoms with Crippen molar-refractivity contribution >= 4 is 43.4 Å². The number of thiophene rings is 1. The second kappa shape index (κ2) is 9.01. The monoisotopic (exact) mass is 455 g/mol.